The van der Waals surface area contributed by atoms with Crippen molar-refractivity contribution in [3.8, 4) is 0 Å². The van der Waals surface area contributed by atoms with Crippen molar-refractivity contribution in [1.29, 1.82) is 0 Å². The average Bonchev–Trinajstić information content (AvgIpc) is 2.29. The number of rotatable bonds is 2. The molecule has 1 aromatic rings. The lowest BCUT2D eigenvalue weighted by molar-refractivity contribution is -0.139. The number of ether oxygens (including phenoxy) is 1. The molecule has 2 nitrogen and oxygen atoms in total. The predicted octanol–water partition coefficient (Wildman–Crippen LogP) is 0.757. The van der Waals surface area contributed by atoms with E-state index in [2.05, 4.69) is 29.0 Å². The highest BCUT2D eigenvalue weighted by Gasteiger charge is 2.02. The number of hydrogen-bond donors (Lipinski definition) is 0. The van der Waals surface area contributed by atoms with Gasteiger partial charge in [-0.2, -0.15) is 0 Å². The van der Waals surface area contributed by atoms with Gasteiger partial charge in [0, 0.05) is 0 Å². The molecule has 1 aromatic carbocycles. The number of fused-ring (bicyclic) bond motifs is 1. The first-order valence-electron chi connectivity index (χ1n) is 5.16. The van der Waals surface area contributed by atoms with Crippen LogP contribution in [0.15, 0.2) is 18.2 Å². The van der Waals surface area contributed by atoms with Gasteiger partial charge in [0.05, 0.1) is 13.5 Å². The zero-order valence-electron chi connectivity index (χ0n) is 8.82. The molecule has 0 fully saturated rings. The lowest BCUT2D eigenvalue weighted by Crippen LogP contribution is -2.27. The zero-order valence-corrected chi connectivity index (χ0v) is 8.82. The van der Waals surface area contributed by atoms with Gasteiger partial charge in [0.25, 0.3) is 0 Å². The molecule has 15 heavy (non-hydrogen) atoms. The number of carbonyl (C=O) groups excluding carboxylic acids is 1. The van der Waals surface area contributed by atoms with Crippen LogP contribution < -0.4 is 10.4 Å². The number of methoxy groups -OCH3 is 1. The van der Waals surface area contributed by atoms with E-state index in [0.717, 1.165) is 18.4 Å². The smallest absolute Gasteiger partial charge is 0.309 e. The summed E-state index contributed by atoms with van der Waals surface area (Å²) >= 11 is 0. The van der Waals surface area contributed by atoms with Crippen LogP contribution in [0.3, 0.4) is 0 Å². The SMILES string of the molecule is COC(=O)Cc1ccc2c(c1)=CCCC=2. The van der Waals surface area contributed by atoms with E-state index in [4.69, 9.17) is 0 Å². The van der Waals surface area contributed by atoms with Gasteiger partial charge in [0.1, 0.15) is 0 Å². The predicted molar refractivity (Wildman–Crippen MR) is 59.6 cm³/mol. The molecule has 0 saturated carbocycles. The minimum atomic E-state index is -0.185. The summed E-state index contributed by atoms with van der Waals surface area (Å²) in [6.07, 6.45) is 7.02. The Kier molecular flexibility index (Phi) is 2.86. The van der Waals surface area contributed by atoms with Crippen LogP contribution >= 0.6 is 0 Å². The molecule has 1 aliphatic rings. The average molecular weight is 202 g/mol. The summed E-state index contributed by atoms with van der Waals surface area (Å²) in [7, 11) is 1.42. The van der Waals surface area contributed by atoms with Crippen LogP contribution in [-0.2, 0) is 16.0 Å². The molecular formula is C13H14O2. The third-order valence-electron chi connectivity index (χ3n) is 2.62. The monoisotopic (exact) mass is 202 g/mol. The van der Waals surface area contributed by atoms with Crippen LogP contribution in [0, 0.1) is 0 Å². The zero-order chi connectivity index (χ0) is 10.7. The van der Waals surface area contributed by atoms with Gasteiger partial charge in [-0.3, -0.25) is 4.79 Å². The van der Waals surface area contributed by atoms with E-state index >= 15 is 0 Å². The first kappa shape index (κ1) is 9.97. The number of esters is 1. The van der Waals surface area contributed by atoms with Gasteiger partial charge >= 0.3 is 5.97 Å². The standard InChI is InChI=1S/C13H14O2/c1-15-13(14)9-10-6-7-11-4-2-3-5-12(11)8-10/h4-8H,2-3,9H2,1H3. The van der Waals surface area contributed by atoms with Crippen molar-refractivity contribution >= 4 is 18.1 Å². The quantitative estimate of drug-likeness (QED) is 0.662. The van der Waals surface area contributed by atoms with Crippen molar-refractivity contribution in [2.75, 3.05) is 7.11 Å². The van der Waals surface area contributed by atoms with Crippen molar-refractivity contribution in [3.63, 3.8) is 0 Å². The van der Waals surface area contributed by atoms with E-state index in [-0.39, 0.29) is 5.97 Å². The van der Waals surface area contributed by atoms with Crippen molar-refractivity contribution in [3.05, 3.63) is 34.2 Å². The molecule has 2 rings (SSSR count). The van der Waals surface area contributed by atoms with Gasteiger partial charge in [-0.15, -0.1) is 0 Å². The van der Waals surface area contributed by atoms with E-state index in [1.165, 1.54) is 17.5 Å². The molecule has 0 spiro atoms. The first-order chi connectivity index (χ1) is 7.29. The normalized spacial score (nSPS) is 13.4. The third-order valence-corrected chi connectivity index (χ3v) is 2.62. The second-order valence-corrected chi connectivity index (χ2v) is 3.70. The highest BCUT2D eigenvalue weighted by Crippen LogP contribution is 1.99. The summed E-state index contributed by atoms with van der Waals surface area (Å²) in [5, 5.41) is 2.51. The van der Waals surface area contributed by atoms with Gasteiger partial charge in [0.2, 0.25) is 0 Å². The lowest BCUT2D eigenvalue weighted by atomic mass is 10.0. The summed E-state index contributed by atoms with van der Waals surface area (Å²) < 4.78 is 4.64. The maximum absolute atomic E-state index is 11.1. The number of benzene rings is 1. The van der Waals surface area contributed by atoms with E-state index in [0.29, 0.717) is 6.42 Å². The van der Waals surface area contributed by atoms with E-state index in [1.807, 2.05) is 6.07 Å². The van der Waals surface area contributed by atoms with Gasteiger partial charge in [-0.05, 0) is 28.8 Å². The van der Waals surface area contributed by atoms with E-state index in [9.17, 15) is 4.79 Å². The molecule has 0 unspecified atom stereocenters. The second-order valence-electron chi connectivity index (χ2n) is 3.70. The van der Waals surface area contributed by atoms with Gasteiger partial charge in [-0.1, -0.05) is 30.4 Å². The largest absolute Gasteiger partial charge is 0.469 e. The second kappa shape index (κ2) is 4.30. The van der Waals surface area contributed by atoms with Crippen molar-refractivity contribution in [2.24, 2.45) is 0 Å². The Morgan fingerprint density at radius 3 is 2.73 bits per heavy atom. The lowest BCUT2D eigenvalue weighted by Gasteiger charge is -2.03. The maximum Gasteiger partial charge on any atom is 0.309 e. The molecule has 0 atom stereocenters. The Morgan fingerprint density at radius 1 is 1.27 bits per heavy atom. The summed E-state index contributed by atoms with van der Waals surface area (Å²) in [6.45, 7) is 0. The van der Waals surface area contributed by atoms with Crippen LogP contribution in [0.1, 0.15) is 18.4 Å². The fourth-order valence-corrected chi connectivity index (χ4v) is 1.81. The molecular weight excluding hydrogens is 188 g/mol. The summed E-state index contributed by atoms with van der Waals surface area (Å²) in [4.78, 5) is 11.1. The summed E-state index contributed by atoms with van der Waals surface area (Å²) in [6, 6.07) is 6.14. The molecule has 0 radical (unpaired) electrons. The fourth-order valence-electron chi connectivity index (χ4n) is 1.81. The molecule has 0 amide bonds. The minimum absolute atomic E-state index is 0.185. The first-order valence-corrected chi connectivity index (χ1v) is 5.16. The Morgan fingerprint density at radius 2 is 2.00 bits per heavy atom. The van der Waals surface area contributed by atoms with Gasteiger partial charge < -0.3 is 4.74 Å². The van der Waals surface area contributed by atoms with Crippen LogP contribution in [0.2, 0.25) is 0 Å². The third kappa shape index (κ3) is 2.27. The molecule has 0 saturated heterocycles. The van der Waals surface area contributed by atoms with Crippen LogP contribution in [-0.4, -0.2) is 13.1 Å². The molecule has 0 bridgehead atoms. The minimum Gasteiger partial charge on any atom is -0.469 e. The summed E-state index contributed by atoms with van der Waals surface area (Å²) in [5.41, 5.74) is 1.02. The Balaban J connectivity index is 2.33. The van der Waals surface area contributed by atoms with Crippen molar-refractivity contribution in [1.82, 2.24) is 0 Å². The van der Waals surface area contributed by atoms with E-state index in [1.54, 1.807) is 0 Å². The van der Waals surface area contributed by atoms with Crippen LogP contribution in [0.25, 0.3) is 12.2 Å². The molecule has 78 valence electrons. The Hall–Kier alpha value is -1.57. The molecule has 0 aromatic heterocycles. The topological polar surface area (TPSA) is 26.3 Å². The molecule has 2 heteroatoms. The molecule has 0 N–H and O–H groups in total. The van der Waals surface area contributed by atoms with E-state index < -0.39 is 0 Å². The number of hydrogen-bond acceptors (Lipinski definition) is 2. The highest BCUT2D eigenvalue weighted by atomic mass is 16.5. The number of carbonyl (C=O) groups is 1. The van der Waals surface area contributed by atoms with Crippen LogP contribution in [0.4, 0.5) is 0 Å². The Bertz CT molecular complexity index is 486. The summed E-state index contributed by atoms with van der Waals surface area (Å²) in [5.74, 6) is -0.185. The molecule has 1 aliphatic carbocycles. The van der Waals surface area contributed by atoms with Crippen molar-refractivity contribution < 1.29 is 9.53 Å². The maximum atomic E-state index is 11.1. The molecule has 0 aliphatic heterocycles. The molecule has 0 heterocycles. The Labute approximate surface area is 88.9 Å². The van der Waals surface area contributed by atoms with Crippen LogP contribution in [0.5, 0.6) is 0 Å². The van der Waals surface area contributed by atoms with Gasteiger partial charge in [-0.25, -0.2) is 0 Å². The highest BCUT2D eigenvalue weighted by molar-refractivity contribution is 5.72. The van der Waals surface area contributed by atoms with Crippen molar-refractivity contribution in [2.45, 2.75) is 19.3 Å². The fraction of sp³-hybridized carbons (Fsp3) is 0.308. The van der Waals surface area contributed by atoms with Gasteiger partial charge in [0.15, 0.2) is 0 Å².